The van der Waals surface area contributed by atoms with Crippen molar-refractivity contribution in [3.8, 4) is 0 Å². The number of benzene rings is 2. The fourth-order valence-electron chi connectivity index (χ4n) is 3.20. The zero-order valence-electron chi connectivity index (χ0n) is 19.3. The number of likely N-dealkylation sites (N-methyl/N-ethyl adjacent to an activating group) is 1. The summed E-state index contributed by atoms with van der Waals surface area (Å²) in [6.07, 6.45) is -15.3. The van der Waals surface area contributed by atoms with Crippen molar-refractivity contribution in [1.29, 1.82) is 0 Å². The second-order valence-corrected chi connectivity index (χ2v) is 8.42. The zero-order valence-corrected chi connectivity index (χ0v) is 20.1. The maximum absolute atomic E-state index is 14.8. The lowest BCUT2D eigenvalue weighted by Crippen LogP contribution is -2.42. The standard InChI is InChI=1S/C23H16ClF11N2O2/c1-37(10-21(27,28)29)19(38)9-36-20(39)13-4-2-12(6-15(13)23(33,34)35)18(26)8-14(22(30,31)32)11-3-5-17(25)16(24)7-11/h2-8,14H,9-10H2,1H3,(H,36,39)/b18-8-. The molecule has 0 aliphatic rings. The third-order valence-electron chi connectivity index (χ3n) is 5.06. The molecule has 0 aliphatic heterocycles. The molecule has 1 unspecified atom stereocenters. The first kappa shape index (κ1) is 31.9. The van der Waals surface area contributed by atoms with Gasteiger partial charge in [0, 0.05) is 12.6 Å². The van der Waals surface area contributed by atoms with E-state index in [2.05, 4.69) is 0 Å². The summed E-state index contributed by atoms with van der Waals surface area (Å²) in [7, 11) is 0.737. The van der Waals surface area contributed by atoms with Crippen LogP contribution < -0.4 is 5.32 Å². The van der Waals surface area contributed by atoms with Gasteiger partial charge in [-0.3, -0.25) is 9.59 Å². The number of rotatable bonds is 7. The van der Waals surface area contributed by atoms with Crippen molar-refractivity contribution in [2.75, 3.05) is 20.1 Å². The lowest BCUT2D eigenvalue weighted by atomic mass is 9.95. The number of nitrogens with zero attached hydrogens (tertiary/aromatic N) is 1. The van der Waals surface area contributed by atoms with Gasteiger partial charge in [-0.15, -0.1) is 0 Å². The predicted molar refractivity (Wildman–Crippen MR) is 117 cm³/mol. The molecule has 2 aromatic carbocycles. The summed E-state index contributed by atoms with van der Waals surface area (Å²) in [4.78, 5) is 24.2. The molecule has 16 heteroatoms. The molecule has 0 radical (unpaired) electrons. The van der Waals surface area contributed by atoms with E-state index in [4.69, 9.17) is 11.6 Å². The van der Waals surface area contributed by atoms with Crippen molar-refractivity contribution in [2.24, 2.45) is 0 Å². The predicted octanol–water partition coefficient (Wildman–Crippen LogP) is 6.90. The van der Waals surface area contributed by atoms with Gasteiger partial charge in [0.2, 0.25) is 5.91 Å². The van der Waals surface area contributed by atoms with Gasteiger partial charge in [0.1, 0.15) is 24.1 Å². The molecule has 0 saturated carbocycles. The second-order valence-electron chi connectivity index (χ2n) is 8.01. The summed E-state index contributed by atoms with van der Waals surface area (Å²) < 4.78 is 147. The Morgan fingerprint density at radius 3 is 2.13 bits per heavy atom. The average molecular weight is 597 g/mol. The average Bonchev–Trinajstić information content (AvgIpc) is 2.79. The molecule has 0 saturated heterocycles. The number of amides is 2. The molecule has 0 aromatic heterocycles. The van der Waals surface area contributed by atoms with Gasteiger partial charge in [-0.1, -0.05) is 23.7 Å². The number of nitrogens with one attached hydrogen (secondary N) is 1. The lowest BCUT2D eigenvalue weighted by molar-refractivity contribution is -0.157. The highest BCUT2D eigenvalue weighted by Gasteiger charge is 2.41. The van der Waals surface area contributed by atoms with Gasteiger partial charge in [0.15, 0.2) is 0 Å². The Morgan fingerprint density at radius 2 is 1.62 bits per heavy atom. The van der Waals surface area contributed by atoms with Crippen molar-refractivity contribution < 1.29 is 57.9 Å². The van der Waals surface area contributed by atoms with Crippen molar-refractivity contribution in [3.63, 3.8) is 0 Å². The summed E-state index contributed by atoms with van der Waals surface area (Å²) in [5.41, 5.74) is -4.70. The molecule has 2 amide bonds. The maximum atomic E-state index is 14.8. The third kappa shape index (κ3) is 8.83. The molecule has 1 atom stereocenters. The zero-order chi connectivity index (χ0) is 29.9. The van der Waals surface area contributed by atoms with Crippen LogP contribution in [-0.2, 0) is 11.0 Å². The van der Waals surface area contributed by atoms with Gasteiger partial charge >= 0.3 is 18.5 Å². The molecule has 1 N–H and O–H groups in total. The molecule has 214 valence electrons. The Hall–Kier alpha value is -3.36. The smallest absolute Gasteiger partial charge is 0.343 e. The van der Waals surface area contributed by atoms with Gasteiger partial charge in [-0.05, 0) is 35.9 Å². The van der Waals surface area contributed by atoms with Gasteiger partial charge in [0.25, 0.3) is 5.91 Å². The normalized spacial score (nSPS) is 13.7. The van der Waals surface area contributed by atoms with Crippen molar-refractivity contribution in [1.82, 2.24) is 10.2 Å². The Bertz CT molecular complexity index is 1250. The molecule has 0 heterocycles. The Morgan fingerprint density at radius 1 is 1.00 bits per heavy atom. The van der Waals surface area contributed by atoms with Crippen molar-refractivity contribution in [3.05, 3.63) is 75.6 Å². The van der Waals surface area contributed by atoms with Gasteiger partial charge in [-0.25, -0.2) is 8.78 Å². The summed E-state index contributed by atoms with van der Waals surface area (Å²) in [5.74, 6) is -8.45. The summed E-state index contributed by atoms with van der Waals surface area (Å²) in [6, 6.07) is 2.83. The summed E-state index contributed by atoms with van der Waals surface area (Å²) in [6.45, 7) is -2.81. The number of halogens is 12. The maximum Gasteiger partial charge on any atom is 0.417 e. The molecule has 4 nitrogen and oxygen atoms in total. The molecule has 39 heavy (non-hydrogen) atoms. The first-order valence-electron chi connectivity index (χ1n) is 10.4. The highest BCUT2D eigenvalue weighted by molar-refractivity contribution is 6.30. The van der Waals surface area contributed by atoms with Gasteiger partial charge in [0.05, 0.1) is 22.7 Å². The SMILES string of the molecule is CN(CC(F)(F)F)C(=O)CNC(=O)c1ccc(/C(F)=C/C(c2ccc(F)c(Cl)c2)C(F)(F)F)cc1C(F)(F)F. The van der Waals surface area contributed by atoms with Crippen LogP contribution in [0.25, 0.3) is 5.83 Å². The minimum Gasteiger partial charge on any atom is -0.343 e. The van der Waals surface area contributed by atoms with Crippen LogP contribution in [0, 0.1) is 5.82 Å². The number of hydrogen-bond acceptors (Lipinski definition) is 2. The number of alkyl halides is 9. The Kier molecular flexibility index (Phi) is 9.64. The first-order valence-corrected chi connectivity index (χ1v) is 10.8. The summed E-state index contributed by atoms with van der Waals surface area (Å²) in [5, 5.41) is 0.998. The number of carbonyl (C=O) groups is 2. The fraction of sp³-hybridized carbons (Fsp3) is 0.304. The second kappa shape index (κ2) is 11.8. The number of hydrogen-bond donors (Lipinski definition) is 1. The van der Waals surface area contributed by atoms with E-state index in [-0.39, 0.29) is 17.0 Å². The highest BCUT2D eigenvalue weighted by Crippen LogP contribution is 2.40. The van der Waals surface area contributed by atoms with Crippen LogP contribution in [0.4, 0.5) is 48.3 Å². The largest absolute Gasteiger partial charge is 0.417 e. The molecule has 2 rings (SSSR count). The Balaban J connectivity index is 2.39. The highest BCUT2D eigenvalue weighted by atomic mass is 35.5. The lowest BCUT2D eigenvalue weighted by Gasteiger charge is -2.20. The molecule has 2 aromatic rings. The molecule has 0 spiro atoms. The minimum absolute atomic E-state index is 0.0451. The topological polar surface area (TPSA) is 49.4 Å². The minimum atomic E-state index is -5.34. The van der Waals surface area contributed by atoms with E-state index in [9.17, 15) is 57.9 Å². The van der Waals surface area contributed by atoms with Gasteiger partial charge < -0.3 is 10.2 Å². The number of carbonyl (C=O) groups excluding carboxylic acids is 2. The van der Waals surface area contributed by atoms with E-state index in [0.717, 1.165) is 7.05 Å². The first-order chi connectivity index (χ1) is 17.7. The van der Waals surface area contributed by atoms with Crippen LogP contribution in [0.3, 0.4) is 0 Å². The van der Waals surface area contributed by atoms with E-state index in [1.807, 2.05) is 0 Å². The molecule has 0 aliphatic carbocycles. The van der Waals surface area contributed by atoms with E-state index < -0.39 is 88.3 Å². The quantitative estimate of drug-likeness (QED) is 0.354. The molecule has 0 fully saturated rings. The third-order valence-corrected chi connectivity index (χ3v) is 5.35. The van der Waals surface area contributed by atoms with E-state index >= 15 is 0 Å². The fourth-order valence-corrected chi connectivity index (χ4v) is 3.39. The number of allylic oxidation sites excluding steroid dienone is 1. The van der Waals surface area contributed by atoms with Crippen LogP contribution in [0.15, 0.2) is 42.5 Å². The monoisotopic (exact) mass is 596 g/mol. The van der Waals surface area contributed by atoms with E-state index in [0.29, 0.717) is 30.3 Å². The van der Waals surface area contributed by atoms with Crippen molar-refractivity contribution in [2.45, 2.75) is 24.4 Å². The van der Waals surface area contributed by atoms with Crippen LogP contribution in [-0.4, -0.2) is 49.2 Å². The molecular weight excluding hydrogens is 581 g/mol. The van der Waals surface area contributed by atoms with Crippen molar-refractivity contribution >= 4 is 29.2 Å². The molecule has 0 bridgehead atoms. The van der Waals surface area contributed by atoms with Gasteiger partial charge in [-0.2, -0.15) is 39.5 Å². The van der Waals surface area contributed by atoms with E-state index in [1.165, 1.54) is 0 Å². The van der Waals surface area contributed by atoms with E-state index in [1.54, 1.807) is 5.32 Å². The summed E-state index contributed by atoms with van der Waals surface area (Å²) >= 11 is 5.48. The Labute approximate surface area is 218 Å². The van der Waals surface area contributed by atoms with Crippen LogP contribution in [0.1, 0.15) is 33.0 Å². The van der Waals surface area contributed by atoms with Crippen LogP contribution in [0.2, 0.25) is 5.02 Å². The van der Waals surface area contributed by atoms with Crippen LogP contribution >= 0.6 is 11.6 Å². The van der Waals surface area contributed by atoms with Crippen LogP contribution in [0.5, 0.6) is 0 Å². The molecular formula is C23H16ClF11N2O2.